The van der Waals surface area contributed by atoms with Gasteiger partial charge in [0.15, 0.2) is 0 Å². The van der Waals surface area contributed by atoms with E-state index in [0.717, 1.165) is 10.0 Å². The maximum atomic E-state index is 12.3. The predicted octanol–water partition coefficient (Wildman–Crippen LogP) is 4.28. The molecule has 128 valence electrons. The second-order valence-corrected chi connectivity index (χ2v) is 7.24. The zero-order valence-electron chi connectivity index (χ0n) is 13.9. The van der Waals surface area contributed by atoms with Crippen LogP contribution in [0.2, 0.25) is 0 Å². The van der Waals surface area contributed by atoms with Crippen LogP contribution in [0.5, 0.6) is 0 Å². The van der Waals surface area contributed by atoms with Crippen molar-refractivity contribution in [1.29, 1.82) is 0 Å². The lowest BCUT2D eigenvalue weighted by atomic mass is 9.94. The van der Waals surface area contributed by atoms with Gasteiger partial charge in [-0.2, -0.15) is 0 Å². The Morgan fingerprint density at radius 1 is 1.04 bits per heavy atom. The highest BCUT2D eigenvalue weighted by Crippen LogP contribution is 2.33. The van der Waals surface area contributed by atoms with E-state index >= 15 is 0 Å². The minimum absolute atomic E-state index is 0.0876. The molecule has 1 fully saturated rings. The molecule has 1 amide bonds. The van der Waals surface area contributed by atoms with Crippen molar-refractivity contribution in [3.8, 4) is 0 Å². The number of hydrogen-bond donors (Lipinski definition) is 2. The predicted molar refractivity (Wildman–Crippen MR) is 100 cm³/mol. The fourth-order valence-electron chi connectivity index (χ4n) is 2.85. The Hall–Kier alpha value is -2.40. The molecule has 0 aliphatic carbocycles. The summed E-state index contributed by atoms with van der Waals surface area (Å²) in [6.07, 6.45) is 0. The molecule has 2 aromatic carbocycles. The number of nitrogens with one attached hydrogen (secondary N) is 1. The zero-order chi connectivity index (χ0) is 18.1. The number of rotatable bonds is 3. The molecular weight excluding hydrogens is 382 g/mol. The van der Waals surface area contributed by atoms with Crippen molar-refractivity contribution in [2.45, 2.75) is 25.8 Å². The van der Waals surface area contributed by atoms with E-state index < -0.39 is 17.7 Å². The van der Waals surface area contributed by atoms with Crippen molar-refractivity contribution in [2.24, 2.45) is 0 Å². The van der Waals surface area contributed by atoms with Gasteiger partial charge < -0.3 is 10.4 Å². The Morgan fingerprint density at radius 2 is 1.64 bits per heavy atom. The van der Waals surface area contributed by atoms with Gasteiger partial charge in [0.05, 0.1) is 11.6 Å². The maximum Gasteiger partial charge on any atom is 0.293 e. The van der Waals surface area contributed by atoms with Crippen LogP contribution in [-0.2, 0) is 9.59 Å². The summed E-state index contributed by atoms with van der Waals surface area (Å²) in [5.41, 5.74) is 2.51. The van der Waals surface area contributed by atoms with E-state index in [0.29, 0.717) is 11.5 Å². The van der Waals surface area contributed by atoms with Crippen LogP contribution in [0.25, 0.3) is 5.76 Å². The molecular formula is C20H18BrNO3. The number of ketones is 1. The van der Waals surface area contributed by atoms with E-state index in [1.807, 2.05) is 24.3 Å². The van der Waals surface area contributed by atoms with Crippen LogP contribution in [0.3, 0.4) is 0 Å². The molecule has 0 spiro atoms. The second kappa shape index (κ2) is 6.84. The third kappa shape index (κ3) is 3.37. The molecule has 0 unspecified atom stereocenters. The number of carbonyl (C=O) groups is 2. The highest BCUT2D eigenvalue weighted by Gasteiger charge is 2.39. The average molecular weight is 400 g/mol. The van der Waals surface area contributed by atoms with Crippen molar-refractivity contribution in [3.05, 3.63) is 75.3 Å². The molecule has 4 nitrogen and oxygen atoms in total. The molecule has 0 aromatic heterocycles. The van der Waals surface area contributed by atoms with Crippen LogP contribution >= 0.6 is 15.9 Å². The van der Waals surface area contributed by atoms with Crippen LogP contribution in [0.4, 0.5) is 0 Å². The molecule has 25 heavy (non-hydrogen) atoms. The van der Waals surface area contributed by atoms with Crippen molar-refractivity contribution in [1.82, 2.24) is 5.32 Å². The number of amides is 1. The van der Waals surface area contributed by atoms with Crippen molar-refractivity contribution in [2.75, 3.05) is 0 Å². The Balaban J connectivity index is 2.05. The normalized spacial score (nSPS) is 19.3. The first-order valence-electron chi connectivity index (χ1n) is 8.02. The molecule has 0 saturated carbocycles. The summed E-state index contributed by atoms with van der Waals surface area (Å²) < 4.78 is 0.863. The fourth-order valence-corrected chi connectivity index (χ4v) is 3.12. The molecule has 1 heterocycles. The van der Waals surface area contributed by atoms with Gasteiger partial charge in [0.25, 0.3) is 11.7 Å². The van der Waals surface area contributed by atoms with Gasteiger partial charge in [-0.3, -0.25) is 9.59 Å². The summed E-state index contributed by atoms with van der Waals surface area (Å²) >= 11 is 3.34. The van der Waals surface area contributed by atoms with E-state index in [4.69, 9.17) is 0 Å². The van der Waals surface area contributed by atoms with Crippen LogP contribution in [0.1, 0.15) is 42.5 Å². The summed E-state index contributed by atoms with van der Waals surface area (Å²) in [5, 5.41) is 13.3. The average Bonchev–Trinajstić information content (AvgIpc) is 2.90. The second-order valence-electron chi connectivity index (χ2n) is 6.33. The maximum absolute atomic E-state index is 12.3. The molecule has 2 N–H and O–H groups in total. The molecule has 5 heteroatoms. The molecule has 1 atom stereocenters. The molecule has 0 bridgehead atoms. The van der Waals surface area contributed by atoms with Gasteiger partial charge in [-0.05, 0) is 29.2 Å². The van der Waals surface area contributed by atoms with Gasteiger partial charge in [0.1, 0.15) is 5.76 Å². The van der Waals surface area contributed by atoms with E-state index in [1.165, 1.54) is 5.56 Å². The highest BCUT2D eigenvalue weighted by atomic mass is 79.9. The van der Waals surface area contributed by atoms with Gasteiger partial charge in [-0.15, -0.1) is 0 Å². The number of benzene rings is 2. The molecule has 1 saturated heterocycles. The van der Waals surface area contributed by atoms with Crippen molar-refractivity contribution in [3.63, 3.8) is 0 Å². The standard InChI is InChI=1S/C20H18BrNO3/c1-11(2)12-3-5-13(6-4-12)17-16(19(24)20(25)22-17)18(23)14-7-9-15(21)10-8-14/h3-11,17,23H,1-2H3,(H,22,25)/t17-/m1/s1. The Labute approximate surface area is 154 Å². The number of carbonyl (C=O) groups excluding carboxylic acids is 2. The Kier molecular flexibility index (Phi) is 4.77. The van der Waals surface area contributed by atoms with E-state index in [2.05, 4.69) is 35.1 Å². The summed E-state index contributed by atoms with van der Waals surface area (Å²) in [5.74, 6) is -1.18. The molecule has 0 radical (unpaired) electrons. The largest absolute Gasteiger partial charge is 0.507 e. The van der Waals surface area contributed by atoms with E-state index in [1.54, 1.807) is 24.3 Å². The van der Waals surface area contributed by atoms with Crippen LogP contribution < -0.4 is 5.32 Å². The SMILES string of the molecule is CC(C)c1ccc([C@H]2NC(=O)C(=O)C2=C(O)c2ccc(Br)cc2)cc1. The highest BCUT2D eigenvalue weighted by molar-refractivity contribution is 9.10. The van der Waals surface area contributed by atoms with Crippen molar-refractivity contribution < 1.29 is 14.7 Å². The number of aliphatic hydroxyl groups is 1. The molecule has 3 rings (SSSR count). The van der Waals surface area contributed by atoms with Gasteiger partial charge in [0, 0.05) is 10.0 Å². The minimum Gasteiger partial charge on any atom is -0.507 e. The van der Waals surface area contributed by atoms with Gasteiger partial charge >= 0.3 is 0 Å². The summed E-state index contributed by atoms with van der Waals surface area (Å²) in [7, 11) is 0. The lowest BCUT2D eigenvalue weighted by molar-refractivity contribution is -0.133. The summed E-state index contributed by atoms with van der Waals surface area (Å²) in [6, 6.07) is 14.0. The van der Waals surface area contributed by atoms with Crippen LogP contribution in [0, 0.1) is 0 Å². The lowest BCUT2D eigenvalue weighted by Crippen LogP contribution is -2.21. The Morgan fingerprint density at radius 3 is 2.20 bits per heavy atom. The third-order valence-electron chi connectivity index (χ3n) is 4.32. The topological polar surface area (TPSA) is 66.4 Å². The smallest absolute Gasteiger partial charge is 0.293 e. The quantitative estimate of drug-likeness (QED) is 0.459. The molecule has 2 aromatic rings. The van der Waals surface area contributed by atoms with Gasteiger partial charge in [-0.1, -0.05) is 66.2 Å². The number of Topliss-reactive ketones (excluding diaryl/α,β-unsaturated/α-hetero) is 1. The van der Waals surface area contributed by atoms with E-state index in [9.17, 15) is 14.7 Å². The Bertz CT molecular complexity index is 852. The van der Waals surface area contributed by atoms with Crippen LogP contribution in [0.15, 0.2) is 58.6 Å². The van der Waals surface area contributed by atoms with Crippen LogP contribution in [-0.4, -0.2) is 16.8 Å². The third-order valence-corrected chi connectivity index (χ3v) is 4.85. The first-order valence-corrected chi connectivity index (χ1v) is 8.82. The summed E-state index contributed by atoms with van der Waals surface area (Å²) in [6.45, 7) is 4.20. The number of hydrogen-bond acceptors (Lipinski definition) is 3. The first kappa shape index (κ1) is 17.4. The lowest BCUT2D eigenvalue weighted by Gasteiger charge is -2.15. The number of aliphatic hydroxyl groups excluding tert-OH is 1. The first-order chi connectivity index (χ1) is 11.9. The monoisotopic (exact) mass is 399 g/mol. The molecule has 1 aliphatic rings. The summed E-state index contributed by atoms with van der Waals surface area (Å²) in [4.78, 5) is 24.2. The van der Waals surface area contributed by atoms with Gasteiger partial charge in [0.2, 0.25) is 0 Å². The fraction of sp³-hybridized carbons (Fsp3) is 0.200. The molecule has 1 aliphatic heterocycles. The minimum atomic E-state index is -0.698. The van der Waals surface area contributed by atoms with Gasteiger partial charge in [-0.25, -0.2) is 0 Å². The van der Waals surface area contributed by atoms with E-state index in [-0.39, 0.29) is 11.3 Å². The zero-order valence-corrected chi connectivity index (χ0v) is 15.5. The number of halogens is 1. The van der Waals surface area contributed by atoms with Crippen molar-refractivity contribution >= 4 is 33.4 Å².